The standard InChI is InChI=1S/C20H24FNO3/c1-6-7-17(19(24)14(5)23)13(4)18(12(2)3)20(25)22-16-10-8-15(21)9-11-16/h8-11H,6-7H2,1-5H3,(H,22,25)/b17-13+. The summed E-state index contributed by atoms with van der Waals surface area (Å²) in [4.78, 5) is 36.4. The second kappa shape index (κ2) is 9.06. The van der Waals surface area contributed by atoms with Crippen molar-refractivity contribution in [3.8, 4) is 0 Å². The first kappa shape index (κ1) is 20.5. The van der Waals surface area contributed by atoms with Crippen LogP contribution in [0.3, 0.4) is 0 Å². The highest BCUT2D eigenvalue weighted by molar-refractivity contribution is 6.43. The number of hydrogen-bond donors (Lipinski definition) is 1. The summed E-state index contributed by atoms with van der Waals surface area (Å²) in [6, 6.07) is 5.43. The molecular weight excluding hydrogens is 321 g/mol. The molecule has 0 aromatic heterocycles. The Morgan fingerprint density at radius 3 is 2.00 bits per heavy atom. The van der Waals surface area contributed by atoms with Gasteiger partial charge in [-0.3, -0.25) is 14.4 Å². The zero-order chi connectivity index (χ0) is 19.1. The summed E-state index contributed by atoms with van der Waals surface area (Å²) in [5, 5.41) is 2.70. The third-order valence-electron chi connectivity index (χ3n) is 3.75. The minimum Gasteiger partial charge on any atom is -0.322 e. The minimum atomic E-state index is -0.562. The van der Waals surface area contributed by atoms with E-state index in [0.29, 0.717) is 35.2 Å². The molecule has 0 bridgehead atoms. The molecule has 0 radical (unpaired) electrons. The summed E-state index contributed by atoms with van der Waals surface area (Å²) in [6.45, 7) is 8.35. The van der Waals surface area contributed by atoms with Crippen LogP contribution in [0.4, 0.5) is 10.1 Å². The van der Waals surface area contributed by atoms with Crippen LogP contribution in [-0.4, -0.2) is 17.5 Å². The molecule has 0 spiro atoms. The van der Waals surface area contributed by atoms with E-state index in [1.54, 1.807) is 20.8 Å². The maximum Gasteiger partial charge on any atom is 0.255 e. The van der Waals surface area contributed by atoms with Gasteiger partial charge in [-0.25, -0.2) is 4.39 Å². The molecule has 0 saturated carbocycles. The molecule has 4 nitrogen and oxygen atoms in total. The smallest absolute Gasteiger partial charge is 0.255 e. The SMILES string of the molecule is CCC/C(C(=O)C(C)=O)=C(/C)C(C(=O)Nc1ccc(F)cc1)=C(C)C. The van der Waals surface area contributed by atoms with E-state index in [0.717, 1.165) is 5.57 Å². The van der Waals surface area contributed by atoms with Gasteiger partial charge in [0.15, 0.2) is 5.78 Å². The number of nitrogens with one attached hydrogen (secondary N) is 1. The number of hydrogen-bond acceptors (Lipinski definition) is 3. The van der Waals surface area contributed by atoms with E-state index in [2.05, 4.69) is 5.32 Å². The summed E-state index contributed by atoms with van der Waals surface area (Å²) >= 11 is 0. The van der Waals surface area contributed by atoms with Gasteiger partial charge >= 0.3 is 0 Å². The quantitative estimate of drug-likeness (QED) is 0.453. The van der Waals surface area contributed by atoms with E-state index in [1.807, 2.05) is 6.92 Å². The van der Waals surface area contributed by atoms with Crippen LogP contribution >= 0.6 is 0 Å². The molecule has 5 heteroatoms. The molecule has 1 rings (SSSR count). The lowest BCUT2D eigenvalue weighted by atomic mass is 9.91. The van der Waals surface area contributed by atoms with Gasteiger partial charge < -0.3 is 5.32 Å². The Bertz CT molecular complexity index is 739. The van der Waals surface area contributed by atoms with Crippen LogP contribution in [0.25, 0.3) is 0 Å². The first-order valence-corrected chi connectivity index (χ1v) is 8.18. The first-order chi connectivity index (χ1) is 11.7. The molecule has 0 atom stereocenters. The van der Waals surface area contributed by atoms with Crippen molar-refractivity contribution in [1.29, 1.82) is 0 Å². The van der Waals surface area contributed by atoms with Crippen LogP contribution < -0.4 is 5.32 Å². The Hall–Kier alpha value is -2.56. The number of carbonyl (C=O) groups excluding carboxylic acids is 3. The lowest BCUT2D eigenvalue weighted by molar-refractivity contribution is -0.133. The van der Waals surface area contributed by atoms with Gasteiger partial charge in [0.2, 0.25) is 5.78 Å². The molecule has 1 amide bonds. The highest BCUT2D eigenvalue weighted by Gasteiger charge is 2.22. The molecule has 134 valence electrons. The van der Waals surface area contributed by atoms with Crippen LogP contribution in [0.1, 0.15) is 47.5 Å². The van der Waals surface area contributed by atoms with Crippen molar-refractivity contribution >= 4 is 23.2 Å². The van der Waals surface area contributed by atoms with Gasteiger partial charge in [-0.2, -0.15) is 0 Å². The molecule has 0 fully saturated rings. The molecule has 0 aliphatic carbocycles. The number of carbonyl (C=O) groups is 3. The number of amides is 1. The van der Waals surface area contributed by atoms with E-state index >= 15 is 0 Å². The van der Waals surface area contributed by atoms with Gasteiger partial charge in [-0.05, 0) is 57.0 Å². The molecule has 1 aromatic rings. The number of ketones is 2. The normalized spacial score (nSPS) is 11.4. The number of allylic oxidation sites excluding steroid dienone is 2. The van der Waals surface area contributed by atoms with Gasteiger partial charge in [0, 0.05) is 23.8 Å². The van der Waals surface area contributed by atoms with Gasteiger partial charge in [0.05, 0.1) is 0 Å². The Labute approximate surface area is 147 Å². The number of halogens is 1. The van der Waals surface area contributed by atoms with Gasteiger partial charge in [0.1, 0.15) is 5.82 Å². The second-order valence-electron chi connectivity index (χ2n) is 6.07. The number of Topliss-reactive ketones (excluding diaryl/α,β-unsaturated/α-hetero) is 2. The predicted molar refractivity (Wildman–Crippen MR) is 96.7 cm³/mol. The Morgan fingerprint density at radius 1 is 1.00 bits per heavy atom. The van der Waals surface area contributed by atoms with Crippen molar-refractivity contribution in [2.24, 2.45) is 0 Å². The summed E-state index contributed by atoms with van der Waals surface area (Å²) in [6.07, 6.45) is 1.10. The summed E-state index contributed by atoms with van der Waals surface area (Å²) < 4.78 is 13.0. The van der Waals surface area contributed by atoms with E-state index < -0.39 is 23.3 Å². The zero-order valence-electron chi connectivity index (χ0n) is 15.3. The lowest BCUT2D eigenvalue weighted by Crippen LogP contribution is -2.20. The molecule has 0 aliphatic rings. The topological polar surface area (TPSA) is 63.2 Å². The van der Waals surface area contributed by atoms with Gasteiger partial charge in [-0.1, -0.05) is 18.9 Å². The molecule has 0 unspecified atom stereocenters. The lowest BCUT2D eigenvalue weighted by Gasteiger charge is -2.15. The Balaban J connectivity index is 3.28. The van der Waals surface area contributed by atoms with Crippen LogP contribution in [0.15, 0.2) is 46.6 Å². The predicted octanol–water partition coefficient (Wildman–Crippen LogP) is 4.38. The summed E-state index contributed by atoms with van der Waals surface area (Å²) in [5.74, 6) is -1.90. The van der Waals surface area contributed by atoms with Crippen LogP contribution in [-0.2, 0) is 14.4 Å². The van der Waals surface area contributed by atoms with Crippen molar-refractivity contribution in [2.45, 2.75) is 47.5 Å². The molecule has 0 aliphatic heterocycles. The summed E-state index contributed by atoms with van der Waals surface area (Å²) in [5.41, 5.74) is 2.40. The average Bonchev–Trinajstić information content (AvgIpc) is 2.53. The third kappa shape index (κ3) is 5.48. The number of benzene rings is 1. The van der Waals surface area contributed by atoms with Crippen molar-refractivity contribution < 1.29 is 18.8 Å². The van der Waals surface area contributed by atoms with E-state index in [1.165, 1.54) is 31.2 Å². The highest BCUT2D eigenvalue weighted by atomic mass is 19.1. The van der Waals surface area contributed by atoms with Crippen LogP contribution in [0, 0.1) is 5.82 Å². The van der Waals surface area contributed by atoms with Crippen molar-refractivity contribution in [2.75, 3.05) is 5.32 Å². The van der Waals surface area contributed by atoms with E-state index in [4.69, 9.17) is 0 Å². The van der Waals surface area contributed by atoms with E-state index in [9.17, 15) is 18.8 Å². The van der Waals surface area contributed by atoms with Crippen LogP contribution in [0.5, 0.6) is 0 Å². The second-order valence-corrected chi connectivity index (χ2v) is 6.07. The third-order valence-corrected chi connectivity index (χ3v) is 3.75. The maximum absolute atomic E-state index is 13.0. The average molecular weight is 345 g/mol. The highest BCUT2D eigenvalue weighted by Crippen LogP contribution is 2.24. The van der Waals surface area contributed by atoms with Crippen molar-refractivity contribution in [1.82, 2.24) is 0 Å². The minimum absolute atomic E-state index is 0.362. The van der Waals surface area contributed by atoms with Crippen molar-refractivity contribution in [3.63, 3.8) is 0 Å². The fourth-order valence-electron chi connectivity index (χ4n) is 2.58. The molecule has 25 heavy (non-hydrogen) atoms. The molecule has 0 heterocycles. The monoisotopic (exact) mass is 345 g/mol. The van der Waals surface area contributed by atoms with Crippen LogP contribution in [0.2, 0.25) is 0 Å². The number of rotatable bonds is 7. The Kier molecular flexibility index (Phi) is 7.43. The fraction of sp³-hybridized carbons (Fsp3) is 0.350. The molecule has 0 saturated heterocycles. The van der Waals surface area contributed by atoms with Gasteiger partial charge in [-0.15, -0.1) is 0 Å². The fourth-order valence-corrected chi connectivity index (χ4v) is 2.58. The first-order valence-electron chi connectivity index (χ1n) is 8.18. The zero-order valence-corrected chi connectivity index (χ0v) is 15.3. The van der Waals surface area contributed by atoms with E-state index in [-0.39, 0.29) is 0 Å². The summed E-state index contributed by atoms with van der Waals surface area (Å²) in [7, 11) is 0. The van der Waals surface area contributed by atoms with Crippen molar-refractivity contribution in [3.05, 3.63) is 52.4 Å². The maximum atomic E-state index is 13.0. The molecular formula is C20H24FNO3. The van der Waals surface area contributed by atoms with Gasteiger partial charge in [0.25, 0.3) is 5.91 Å². The number of anilines is 1. The largest absolute Gasteiger partial charge is 0.322 e. The Morgan fingerprint density at radius 2 is 1.56 bits per heavy atom. The molecule has 1 aromatic carbocycles. The molecule has 1 N–H and O–H groups in total.